The molecular weight excluding hydrogens is 338 g/mol. The van der Waals surface area contributed by atoms with Crippen LogP contribution in [-0.4, -0.2) is 25.5 Å². The zero-order valence-corrected chi connectivity index (χ0v) is 15.0. The SMILES string of the molecule is CC(NC(=O)c1cc(C2CC2)nc2ccccc12)c1nnc2ccccn12. The molecule has 1 fully saturated rings. The van der Waals surface area contributed by atoms with E-state index in [1.165, 1.54) is 0 Å². The third kappa shape index (κ3) is 2.83. The highest BCUT2D eigenvalue weighted by Gasteiger charge is 2.27. The summed E-state index contributed by atoms with van der Waals surface area (Å²) < 4.78 is 1.89. The van der Waals surface area contributed by atoms with Crippen molar-refractivity contribution < 1.29 is 4.79 Å². The van der Waals surface area contributed by atoms with Gasteiger partial charge in [0, 0.05) is 23.2 Å². The van der Waals surface area contributed by atoms with Gasteiger partial charge >= 0.3 is 0 Å². The van der Waals surface area contributed by atoms with E-state index in [0.29, 0.717) is 17.3 Å². The predicted octanol–water partition coefficient (Wildman–Crippen LogP) is 3.65. The molecule has 0 spiro atoms. The average molecular weight is 357 g/mol. The lowest BCUT2D eigenvalue weighted by Crippen LogP contribution is -2.28. The number of fused-ring (bicyclic) bond motifs is 2. The van der Waals surface area contributed by atoms with Crippen LogP contribution in [0.4, 0.5) is 0 Å². The van der Waals surface area contributed by atoms with Crippen LogP contribution < -0.4 is 5.32 Å². The third-order valence-corrected chi connectivity index (χ3v) is 5.05. The van der Waals surface area contributed by atoms with E-state index >= 15 is 0 Å². The topological polar surface area (TPSA) is 72.2 Å². The molecule has 3 heterocycles. The van der Waals surface area contributed by atoms with Crippen molar-refractivity contribution in [3.63, 3.8) is 0 Å². The highest BCUT2D eigenvalue weighted by molar-refractivity contribution is 6.06. The Morgan fingerprint density at radius 1 is 1.15 bits per heavy atom. The van der Waals surface area contributed by atoms with Gasteiger partial charge in [-0.05, 0) is 44.0 Å². The number of nitrogens with one attached hydrogen (secondary N) is 1. The van der Waals surface area contributed by atoms with Crippen LogP contribution >= 0.6 is 0 Å². The van der Waals surface area contributed by atoms with Crippen molar-refractivity contribution in [2.24, 2.45) is 0 Å². The fraction of sp³-hybridized carbons (Fsp3) is 0.238. The second-order valence-electron chi connectivity index (χ2n) is 7.07. The Hall–Kier alpha value is -3.28. The van der Waals surface area contributed by atoms with Gasteiger partial charge in [-0.3, -0.25) is 14.2 Å². The molecule has 6 heteroatoms. The molecule has 3 aromatic heterocycles. The first-order valence-electron chi connectivity index (χ1n) is 9.21. The minimum atomic E-state index is -0.272. The number of carbonyl (C=O) groups excluding carboxylic acids is 1. The number of benzene rings is 1. The van der Waals surface area contributed by atoms with Gasteiger partial charge in [-0.25, -0.2) is 0 Å². The summed E-state index contributed by atoms with van der Waals surface area (Å²) in [6.45, 7) is 1.92. The molecule has 1 amide bonds. The van der Waals surface area contributed by atoms with E-state index in [4.69, 9.17) is 4.98 Å². The molecule has 134 valence electrons. The number of pyridine rings is 2. The van der Waals surface area contributed by atoms with Gasteiger partial charge in [-0.1, -0.05) is 24.3 Å². The van der Waals surface area contributed by atoms with E-state index in [2.05, 4.69) is 15.5 Å². The van der Waals surface area contributed by atoms with E-state index in [9.17, 15) is 4.79 Å². The number of rotatable bonds is 4. The number of amides is 1. The summed E-state index contributed by atoms with van der Waals surface area (Å²) in [7, 11) is 0. The van der Waals surface area contributed by atoms with Crippen molar-refractivity contribution in [3.8, 4) is 0 Å². The maximum Gasteiger partial charge on any atom is 0.252 e. The summed E-state index contributed by atoms with van der Waals surface area (Å²) in [5, 5.41) is 12.4. The average Bonchev–Trinajstić information content (AvgIpc) is 3.46. The normalized spacial score (nSPS) is 15.1. The maximum absolute atomic E-state index is 13.1. The van der Waals surface area contributed by atoms with E-state index in [1.807, 2.05) is 66.1 Å². The monoisotopic (exact) mass is 357 g/mol. The first-order chi connectivity index (χ1) is 13.2. The molecule has 1 aliphatic rings. The summed E-state index contributed by atoms with van der Waals surface area (Å²) >= 11 is 0. The highest BCUT2D eigenvalue weighted by atomic mass is 16.1. The molecule has 1 saturated carbocycles. The lowest BCUT2D eigenvalue weighted by Gasteiger charge is -2.14. The zero-order valence-electron chi connectivity index (χ0n) is 15.0. The quantitative estimate of drug-likeness (QED) is 0.605. The van der Waals surface area contributed by atoms with Crippen LogP contribution in [0.3, 0.4) is 0 Å². The molecule has 1 unspecified atom stereocenters. The fourth-order valence-corrected chi connectivity index (χ4v) is 3.47. The number of hydrogen-bond donors (Lipinski definition) is 1. The minimum Gasteiger partial charge on any atom is -0.342 e. The fourth-order valence-electron chi connectivity index (χ4n) is 3.47. The third-order valence-electron chi connectivity index (χ3n) is 5.05. The van der Waals surface area contributed by atoms with Crippen molar-refractivity contribution in [2.75, 3.05) is 0 Å². The van der Waals surface area contributed by atoms with Crippen LogP contribution in [-0.2, 0) is 0 Å². The van der Waals surface area contributed by atoms with Crippen LogP contribution in [0, 0.1) is 0 Å². The van der Waals surface area contributed by atoms with Crippen LogP contribution in [0.1, 0.15) is 53.6 Å². The van der Waals surface area contributed by atoms with E-state index in [-0.39, 0.29) is 11.9 Å². The van der Waals surface area contributed by atoms with Gasteiger partial charge in [-0.2, -0.15) is 0 Å². The van der Waals surface area contributed by atoms with Crippen molar-refractivity contribution in [3.05, 3.63) is 71.8 Å². The van der Waals surface area contributed by atoms with Gasteiger partial charge in [0.15, 0.2) is 11.5 Å². The van der Waals surface area contributed by atoms with E-state index in [1.54, 1.807) is 0 Å². The molecular formula is C21H19N5O. The molecule has 0 aliphatic heterocycles. The summed E-state index contributed by atoms with van der Waals surface area (Å²) in [4.78, 5) is 17.8. The Morgan fingerprint density at radius 3 is 2.81 bits per heavy atom. The Balaban J connectivity index is 1.50. The van der Waals surface area contributed by atoms with Crippen LogP contribution in [0.25, 0.3) is 16.6 Å². The smallest absolute Gasteiger partial charge is 0.252 e. The van der Waals surface area contributed by atoms with Gasteiger partial charge in [0.1, 0.15) is 0 Å². The maximum atomic E-state index is 13.1. The molecule has 27 heavy (non-hydrogen) atoms. The molecule has 1 atom stereocenters. The minimum absolute atomic E-state index is 0.115. The first-order valence-corrected chi connectivity index (χ1v) is 9.21. The number of hydrogen-bond acceptors (Lipinski definition) is 4. The molecule has 5 rings (SSSR count). The number of carbonyl (C=O) groups is 1. The van der Waals surface area contributed by atoms with Gasteiger partial charge in [0.05, 0.1) is 17.1 Å². The number of para-hydroxylation sites is 1. The number of nitrogens with zero attached hydrogens (tertiary/aromatic N) is 4. The second-order valence-corrected chi connectivity index (χ2v) is 7.07. The first kappa shape index (κ1) is 15.9. The largest absolute Gasteiger partial charge is 0.342 e. The van der Waals surface area contributed by atoms with Gasteiger partial charge < -0.3 is 5.32 Å². The van der Waals surface area contributed by atoms with Crippen LogP contribution in [0.15, 0.2) is 54.7 Å². The molecule has 1 N–H and O–H groups in total. The van der Waals surface area contributed by atoms with Crippen molar-refractivity contribution >= 4 is 22.5 Å². The molecule has 0 bridgehead atoms. The van der Waals surface area contributed by atoms with Gasteiger partial charge in [0.25, 0.3) is 5.91 Å². The predicted molar refractivity (Wildman–Crippen MR) is 103 cm³/mol. The molecule has 4 aromatic rings. The van der Waals surface area contributed by atoms with Gasteiger partial charge in [-0.15, -0.1) is 10.2 Å². The molecule has 1 aliphatic carbocycles. The molecule has 0 radical (unpaired) electrons. The summed E-state index contributed by atoms with van der Waals surface area (Å²) in [5.74, 6) is 1.08. The summed E-state index contributed by atoms with van der Waals surface area (Å²) in [6.07, 6.45) is 4.20. The Labute approximate surface area is 156 Å². The summed E-state index contributed by atoms with van der Waals surface area (Å²) in [6, 6.07) is 15.2. The van der Waals surface area contributed by atoms with E-state index in [0.717, 1.165) is 35.1 Å². The van der Waals surface area contributed by atoms with Gasteiger partial charge in [0.2, 0.25) is 0 Å². The lowest BCUT2D eigenvalue weighted by molar-refractivity contribution is 0.0939. The van der Waals surface area contributed by atoms with E-state index < -0.39 is 0 Å². The number of aromatic nitrogens is 4. The molecule has 6 nitrogen and oxygen atoms in total. The summed E-state index contributed by atoms with van der Waals surface area (Å²) in [5.41, 5.74) is 3.31. The van der Waals surface area contributed by atoms with Crippen molar-refractivity contribution in [1.82, 2.24) is 24.9 Å². The lowest BCUT2D eigenvalue weighted by atomic mass is 10.0. The zero-order chi connectivity index (χ0) is 18.4. The Kier molecular flexibility index (Phi) is 3.63. The molecule has 0 saturated heterocycles. The van der Waals surface area contributed by atoms with Crippen molar-refractivity contribution in [2.45, 2.75) is 31.7 Å². The molecule has 1 aromatic carbocycles. The van der Waals surface area contributed by atoms with Crippen LogP contribution in [0.5, 0.6) is 0 Å². The second kappa shape index (κ2) is 6.16. The highest BCUT2D eigenvalue weighted by Crippen LogP contribution is 2.40. The standard InChI is InChI=1S/C21H19N5O/c1-13(20-25-24-19-8-4-5-11-26(19)20)22-21(27)16-12-18(14-9-10-14)23-17-7-3-2-6-15(16)17/h2-8,11-14H,9-10H2,1H3,(H,22,27). The Bertz CT molecular complexity index is 1160. The van der Waals surface area contributed by atoms with Crippen molar-refractivity contribution in [1.29, 1.82) is 0 Å². The Morgan fingerprint density at radius 2 is 1.96 bits per heavy atom. The van der Waals surface area contributed by atoms with Crippen LogP contribution in [0.2, 0.25) is 0 Å².